The molecule has 1 N–H and O–H groups in total. The molecule has 1 aromatic carbocycles. The van der Waals surface area contributed by atoms with Gasteiger partial charge < -0.3 is 9.47 Å². The summed E-state index contributed by atoms with van der Waals surface area (Å²) in [6.07, 6.45) is 1.87. The highest BCUT2D eigenvalue weighted by molar-refractivity contribution is 5.89. The third-order valence-corrected chi connectivity index (χ3v) is 5.92. The predicted molar refractivity (Wildman–Crippen MR) is 85.5 cm³/mol. The second kappa shape index (κ2) is 5.06. The highest BCUT2D eigenvalue weighted by Crippen LogP contribution is 2.69. The largest absolute Gasteiger partial charge is 0.447 e. The van der Waals surface area contributed by atoms with Crippen LogP contribution in [0.3, 0.4) is 0 Å². The van der Waals surface area contributed by atoms with E-state index >= 15 is 0 Å². The Bertz CT molecular complexity index is 848. The zero-order valence-corrected chi connectivity index (χ0v) is 13.5. The van der Waals surface area contributed by atoms with E-state index in [4.69, 9.17) is 14.9 Å². The topological polar surface area (TPSA) is 114 Å². The second-order valence-electron chi connectivity index (χ2n) is 6.90. The molecule has 4 fully saturated rings. The van der Waals surface area contributed by atoms with E-state index < -0.39 is 28.6 Å². The van der Waals surface area contributed by atoms with Gasteiger partial charge in [-0.05, 0) is 18.4 Å². The first-order valence-electron chi connectivity index (χ1n) is 8.35. The van der Waals surface area contributed by atoms with Crippen LogP contribution in [0, 0.1) is 56.2 Å². The number of fused-ring (bicyclic) bond motifs is 2. The molecule has 3 heterocycles. The first-order chi connectivity index (χ1) is 12.1. The summed E-state index contributed by atoms with van der Waals surface area (Å²) < 4.78 is 12.1. The van der Waals surface area contributed by atoms with Gasteiger partial charge in [0.1, 0.15) is 6.10 Å². The van der Waals surface area contributed by atoms with E-state index in [2.05, 4.69) is 18.2 Å². The van der Waals surface area contributed by atoms with Crippen molar-refractivity contribution in [2.75, 3.05) is 0 Å². The lowest BCUT2D eigenvalue weighted by molar-refractivity contribution is -0.360. The zero-order valence-electron chi connectivity index (χ0n) is 13.5. The third kappa shape index (κ3) is 1.62. The molecule has 3 saturated heterocycles. The smallest absolute Gasteiger partial charge is 0.218 e. The van der Waals surface area contributed by atoms with Crippen molar-refractivity contribution >= 4 is 5.90 Å². The molecule has 4 atom stereocenters. The zero-order chi connectivity index (χ0) is 17.7. The molecule has 6 heteroatoms. The van der Waals surface area contributed by atoms with Crippen LogP contribution >= 0.6 is 0 Å². The molecule has 0 aromatic heterocycles. The molecule has 0 amide bonds. The molecule has 3 aliphatic heterocycles. The molecule has 4 aliphatic rings. The van der Waals surface area contributed by atoms with E-state index in [1.807, 2.05) is 18.2 Å². The highest BCUT2D eigenvalue weighted by atomic mass is 16.7. The van der Waals surface area contributed by atoms with E-state index in [1.54, 1.807) is 12.1 Å². The third-order valence-electron chi connectivity index (χ3n) is 5.92. The fourth-order valence-corrected chi connectivity index (χ4v) is 4.77. The quantitative estimate of drug-likeness (QED) is 0.848. The van der Waals surface area contributed by atoms with Crippen LogP contribution in [-0.4, -0.2) is 11.7 Å². The van der Waals surface area contributed by atoms with Gasteiger partial charge in [-0.25, -0.2) is 0 Å². The number of benzene rings is 1. The average Bonchev–Trinajstić information content (AvgIpc) is 2.66. The highest BCUT2D eigenvalue weighted by Gasteiger charge is 2.80. The summed E-state index contributed by atoms with van der Waals surface area (Å²) in [6, 6.07) is 15.4. The Morgan fingerprint density at radius 1 is 1.04 bits per heavy atom. The number of ether oxygens (including phenoxy) is 2. The Kier molecular flexibility index (Phi) is 3.16. The molecule has 1 aliphatic carbocycles. The van der Waals surface area contributed by atoms with Gasteiger partial charge in [0.15, 0.2) is 10.8 Å². The van der Waals surface area contributed by atoms with Crippen LogP contribution < -0.4 is 0 Å². The van der Waals surface area contributed by atoms with Crippen molar-refractivity contribution in [3.8, 4) is 18.2 Å². The standard InChI is InChI=1S/C19H16N4O2/c20-10-17(11-21)14-8-4-5-9-19(14)24-15(13-6-2-1-3-7-13)18(17,12-22)16(23)25-19/h1-3,6-7,14-15,23H,4-5,8-9H2/t14-,15-,18+,19+/m0/s1. The molecular formula is C19H16N4O2. The molecule has 25 heavy (non-hydrogen) atoms. The van der Waals surface area contributed by atoms with Crippen LogP contribution in [0.4, 0.5) is 0 Å². The summed E-state index contributed by atoms with van der Waals surface area (Å²) in [5, 5.41) is 38.7. The van der Waals surface area contributed by atoms with E-state index in [1.165, 1.54) is 0 Å². The van der Waals surface area contributed by atoms with Crippen LogP contribution in [0.2, 0.25) is 0 Å². The number of rotatable bonds is 1. The second-order valence-corrected chi connectivity index (χ2v) is 6.90. The van der Waals surface area contributed by atoms with Crippen LogP contribution in [0.25, 0.3) is 0 Å². The van der Waals surface area contributed by atoms with E-state index in [0.717, 1.165) is 12.8 Å². The first-order valence-corrected chi connectivity index (χ1v) is 8.35. The van der Waals surface area contributed by atoms with Gasteiger partial charge >= 0.3 is 0 Å². The molecule has 2 bridgehead atoms. The summed E-state index contributed by atoms with van der Waals surface area (Å²) in [4.78, 5) is 0. The lowest BCUT2D eigenvalue weighted by atomic mass is 9.48. The number of hydrogen-bond donors (Lipinski definition) is 1. The molecule has 1 spiro atoms. The fourth-order valence-electron chi connectivity index (χ4n) is 4.77. The van der Waals surface area contributed by atoms with Crippen molar-refractivity contribution in [1.29, 1.82) is 21.2 Å². The molecule has 124 valence electrons. The number of hydrogen-bond acceptors (Lipinski definition) is 6. The van der Waals surface area contributed by atoms with Crippen molar-refractivity contribution in [1.82, 2.24) is 0 Å². The van der Waals surface area contributed by atoms with Gasteiger partial charge in [-0.1, -0.05) is 36.8 Å². The van der Waals surface area contributed by atoms with Crippen molar-refractivity contribution < 1.29 is 9.47 Å². The monoisotopic (exact) mass is 332 g/mol. The summed E-state index contributed by atoms with van der Waals surface area (Å²) >= 11 is 0. The van der Waals surface area contributed by atoms with Crippen LogP contribution in [0.5, 0.6) is 0 Å². The average molecular weight is 332 g/mol. The molecule has 0 radical (unpaired) electrons. The van der Waals surface area contributed by atoms with Gasteiger partial charge in [-0.2, -0.15) is 15.8 Å². The van der Waals surface area contributed by atoms with Gasteiger partial charge in [0, 0.05) is 6.42 Å². The number of nitrogens with one attached hydrogen (secondary N) is 1. The molecule has 5 rings (SSSR count). The minimum absolute atomic E-state index is 0.323. The Labute approximate surface area is 145 Å². The van der Waals surface area contributed by atoms with Gasteiger partial charge in [0.05, 0.1) is 24.1 Å². The number of nitrogens with zero attached hydrogens (tertiary/aromatic N) is 3. The molecule has 0 unspecified atom stereocenters. The van der Waals surface area contributed by atoms with Crippen molar-refractivity contribution in [3.63, 3.8) is 0 Å². The lowest BCUT2D eigenvalue weighted by Gasteiger charge is -2.63. The van der Waals surface area contributed by atoms with Crippen LogP contribution in [-0.2, 0) is 9.47 Å². The Hall–Kier alpha value is -2.88. The molecular weight excluding hydrogens is 316 g/mol. The summed E-state index contributed by atoms with van der Waals surface area (Å²) in [6.45, 7) is 0. The first kappa shape index (κ1) is 15.6. The summed E-state index contributed by atoms with van der Waals surface area (Å²) in [5.41, 5.74) is -2.77. The van der Waals surface area contributed by atoms with Crippen LogP contribution in [0.1, 0.15) is 37.4 Å². The molecule has 1 saturated carbocycles. The van der Waals surface area contributed by atoms with Gasteiger partial charge in [-0.15, -0.1) is 0 Å². The summed E-state index contributed by atoms with van der Waals surface area (Å²) in [7, 11) is 0. The minimum Gasteiger partial charge on any atom is -0.447 e. The predicted octanol–water partition coefficient (Wildman–Crippen LogP) is 3.20. The minimum atomic E-state index is -1.78. The SMILES string of the molecule is N#CC1(C#N)[C@@H]2CCCC[C@@]23OC(=N)[C@@]1(C#N)[C@H](c1ccccc1)O3. The molecule has 6 nitrogen and oxygen atoms in total. The Morgan fingerprint density at radius 3 is 2.40 bits per heavy atom. The van der Waals surface area contributed by atoms with E-state index in [-0.39, 0.29) is 5.90 Å². The van der Waals surface area contributed by atoms with E-state index in [0.29, 0.717) is 18.4 Å². The maximum absolute atomic E-state index is 10.1. The van der Waals surface area contributed by atoms with Crippen molar-refractivity contribution in [3.05, 3.63) is 35.9 Å². The van der Waals surface area contributed by atoms with Gasteiger partial charge in [0.2, 0.25) is 11.7 Å². The Morgan fingerprint density at radius 2 is 1.76 bits per heavy atom. The van der Waals surface area contributed by atoms with Crippen molar-refractivity contribution in [2.24, 2.45) is 16.7 Å². The molecule has 1 aromatic rings. The van der Waals surface area contributed by atoms with Crippen LogP contribution in [0.15, 0.2) is 30.3 Å². The number of nitriles is 3. The van der Waals surface area contributed by atoms with Gasteiger partial charge in [-0.3, -0.25) is 5.41 Å². The maximum Gasteiger partial charge on any atom is 0.218 e. The van der Waals surface area contributed by atoms with E-state index in [9.17, 15) is 15.8 Å². The normalized spacial score (nSPS) is 37.7. The summed E-state index contributed by atoms with van der Waals surface area (Å²) in [5.74, 6) is -2.05. The fraction of sp³-hybridized carbons (Fsp3) is 0.474. The van der Waals surface area contributed by atoms with Crippen molar-refractivity contribution in [2.45, 2.75) is 37.6 Å². The maximum atomic E-state index is 10.1. The van der Waals surface area contributed by atoms with Gasteiger partial charge in [0.25, 0.3) is 0 Å². The Balaban J connectivity index is 2.02. The lowest BCUT2D eigenvalue weighted by Crippen LogP contribution is -2.73.